The lowest BCUT2D eigenvalue weighted by atomic mass is 10.2. The van der Waals surface area contributed by atoms with E-state index in [1.54, 1.807) is 24.3 Å². The van der Waals surface area contributed by atoms with Crippen LogP contribution in [-0.2, 0) is 4.79 Å². The number of carbonyl (C=O) groups is 2. The Hall–Kier alpha value is -1.49. The van der Waals surface area contributed by atoms with Crippen molar-refractivity contribution in [3.05, 3.63) is 29.8 Å². The van der Waals surface area contributed by atoms with Crippen LogP contribution >= 0.6 is 11.8 Å². The monoisotopic (exact) mass is 240 g/mol. The minimum absolute atomic E-state index is 0.0681. The molecule has 1 rings (SSSR count). The Morgan fingerprint density at radius 1 is 1.44 bits per heavy atom. The predicted octanol–water partition coefficient (Wildman–Crippen LogP) is 1.70. The fraction of sp³-hybridized carbons (Fsp3) is 0.273. The molecule has 0 fully saturated rings. The van der Waals surface area contributed by atoms with Gasteiger partial charge in [-0.15, -0.1) is 11.8 Å². The van der Waals surface area contributed by atoms with Gasteiger partial charge in [0.05, 0.1) is 17.9 Å². The molecule has 0 saturated carbocycles. The van der Waals surface area contributed by atoms with Gasteiger partial charge in [0.25, 0.3) is 0 Å². The number of rotatable bonds is 7. The maximum absolute atomic E-state index is 10.6. The van der Waals surface area contributed by atoms with Gasteiger partial charge in [-0.25, -0.2) is 0 Å². The molecule has 1 aromatic carbocycles. The summed E-state index contributed by atoms with van der Waals surface area (Å²) in [5, 5.41) is 8.40. The molecule has 86 valence electrons. The van der Waals surface area contributed by atoms with Gasteiger partial charge in [-0.2, -0.15) is 0 Å². The highest BCUT2D eigenvalue weighted by molar-refractivity contribution is 7.99. The number of benzene rings is 1. The van der Waals surface area contributed by atoms with Gasteiger partial charge in [-0.05, 0) is 12.1 Å². The molecule has 0 bridgehead atoms. The molecule has 0 aliphatic heterocycles. The average Bonchev–Trinajstić information content (AvgIpc) is 2.29. The van der Waals surface area contributed by atoms with E-state index in [0.717, 1.165) is 6.29 Å². The van der Waals surface area contributed by atoms with Gasteiger partial charge in [-0.3, -0.25) is 9.59 Å². The van der Waals surface area contributed by atoms with Crippen LogP contribution in [0.4, 0.5) is 0 Å². The van der Waals surface area contributed by atoms with E-state index in [4.69, 9.17) is 9.84 Å². The van der Waals surface area contributed by atoms with Gasteiger partial charge < -0.3 is 9.84 Å². The summed E-state index contributed by atoms with van der Waals surface area (Å²) in [6, 6.07) is 6.93. The molecule has 0 unspecified atom stereocenters. The van der Waals surface area contributed by atoms with Gasteiger partial charge in [0.15, 0.2) is 6.29 Å². The van der Waals surface area contributed by atoms with Gasteiger partial charge >= 0.3 is 5.97 Å². The molecule has 1 aromatic rings. The molecule has 4 nitrogen and oxygen atoms in total. The molecule has 0 saturated heterocycles. The van der Waals surface area contributed by atoms with Crippen molar-refractivity contribution in [1.82, 2.24) is 0 Å². The summed E-state index contributed by atoms with van der Waals surface area (Å²) in [5.74, 6) is 0.352. The Balaban J connectivity index is 2.31. The maximum Gasteiger partial charge on any atom is 0.313 e. The number of hydrogen-bond donors (Lipinski definition) is 1. The van der Waals surface area contributed by atoms with Crippen LogP contribution < -0.4 is 4.74 Å². The number of thioether (sulfide) groups is 1. The van der Waals surface area contributed by atoms with Gasteiger partial charge in [-0.1, -0.05) is 12.1 Å². The zero-order valence-electron chi connectivity index (χ0n) is 8.59. The van der Waals surface area contributed by atoms with Crippen molar-refractivity contribution in [2.45, 2.75) is 0 Å². The number of hydrogen-bond acceptors (Lipinski definition) is 4. The fourth-order valence-electron chi connectivity index (χ4n) is 1.08. The molecule has 0 heterocycles. The third kappa shape index (κ3) is 4.35. The van der Waals surface area contributed by atoms with Crippen LogP contribution in [0, 0.1) is 0 Å². The number of para-hydroxylation sites is 1. The third-order valence-corrected chi connectivity index (χ3v) is 2.66. The largest absolute Gasteiger partial charge is 0.492 e. The molecule has 0 spiro atoms. The molecular formula is C11H12O4S. The molecule has 0 aliphatic rings. The second-order valence-corrected chi connectivity index (χ2v) is 4.06. The summed E-state index contributed by atoms with van der Waals surface area (Å²) < 4.78 is 5.36. The van der Waals surface area contributed by atoms with Crippen molar-refractivity contribution >= 4 is 24.0 Å². The van der Waals surface area contributed by atoms with Crippen molar-refractivity contribution in [3.8, 4) is 5.75 Å². The molecule has 0 aromatic heterocycles. The summed E-state index contributed by atoms with van der Waals surface area (Å²) in [6.45, 7) is 0.392. The van der Waals surface area contributed by atoms with Crippen LogP contribution in [0.3, 0.4) is 0 Å². The second-order valence-electron chi connectivity index (χ2n) is 2.95. The first-order valence-corrected chi connectivity index (χ1v) is 5.86. The summed E-state index contributed by atoms with van der Waals surface area (Å²) in [4.78, 5) is 20.9. The highest BCUT2D eigenvalue weighted by Crippen LogP contribution is 2.15. The maximum atomic E-state index is 10.6. The summed E-state index contributed by atoms with van der Waals surface area (Å²) in [7, 11) is 0. The summed E-state index contributed by atoms with van der Waals surface area (Å²) >= 11 is 1.28. The molecular weight excluding hydrogens is 228 g/mol. The lowest BCUT2D eigenvalue weighted by Crippen LogP contribution is -2.05. The van der Waals surface area contributed by atoms with E-state index in [0.29, 0.717) is 23.7 Å². The number of carbonyl (C=O) groups excluding carboxylic acids is 1. The van der Waals surface area contributed by atoms with Crippen LogP contribution in [0.2, 0.25) is 0 Å². The second kappa shape index (κ2) is 6.90. The van der Waals surface area contributed by atoms with E-state index in [9.17, 15) is 9.59 Å². The first-order valence-electron chi connectivity index (χ1n) is 4.70. The van der Waals surface area contributed by atoms with Crippen molar-refractivity contribution in [3.63, 3.8) is 0 Å². The normalized spacial score (nSPS) is 9.75. The Kier molecular flexibility index (Phi) is 5.42. The van der Waals surface area contributed by atoms with Crippen LogP contribution in [0.15, 0.2) is 24.3 Å². The number of carboxylic acids is 1. The number of aliphatic carboxylic acids is 1. The minimum atomic E-state index is -0.835. The van der Waals surface area contributed by atoms with Crippen molar-refractivity contribution in [2.75, 3.05) is 18.1 Å². The lowest BCUT2D eigenvalue weighted by molar-refractivity contribution is -0.133. The van der Waals surface area contributed by atoms with E-state index in [-0.39, 0.29) is 5.75 Å². The highest BCUT2D eigenvalue weighted by Gasteiger charge is 2.01. The van der Waals surface area contributed by atoms with E-state index in [2.05, 4.69) is 0 Å². The van der Waals surface area contributed by atoms with E-state index in [1.165, 1.54) is 11.8 Å². The predicted molar refractivity (Wildman–Crippen MR) is 62.3 cm³/mol. The van der Waals surface area contributed by atoms with Gasteiger partial charge in [0, 0.05) is 5.75 Å². The van der Waals surface area contributed by atoms with Gasteiger partial charge in [0.2, 0.25) is 0 Å². The third-order valence-electron chi connectivity index (χ3n) is 1.76. The number of ether oxygens (including phenoxy) is 1. The highest BCUT2D eigenvalue weighted by atomic mass is 32.2. The average molecular weight is 240 g/mol. The van der Waals surface area contributed by atoms with Crippen LogP contribution in [-0.4, -0.2) is 35.5 Å². The van der Waals surface area contributed by atoms with Crippen LogP contribution in [0.25, 0.3) is 0 Å². The molecule has 5 heteroatoms. The molecule has 0 radical (unpaired) electrons. The topological polar surface area (TPSA) is 63.6 Å². The van der Waals surface area contributed by atoms with Crippen LogP contribution in [0.1, 0.15) is 10.4 Å². The summed E-state index contributed by atoms with van der Waals surface area (Å²) in [5.41, 5.74) is 0.505. The smallest absolute Gasteiger partial charge is 0.313 e. The minimum Gasteiger partial charge on any atom is -0.492 e. The summed E-state index contributed by atoms with van der Waals surface area (Å²) in [6.07, 6.45) is 0.736. The molecule has 0 atom stereocenters. The lowest BCUT2D eigenvalue weighted by Gasteiger charge is -2.07. The van der Waals surface area contributed by atoms with Crippen LogP contribution in [0.5, 0.6) is 5.75 Å². The number of carboxylic acid groups (broad SMARTS) is 1. The standard InChI is InChI=1S/C11H12O4S/c12-7-9-3-1-2-4-10(9)15-5-6-16-8-11(13)14/h1-4,7H,5-6,8H2,(H,13,14). The van der Waals surface area contributed by atoms with E-state index < -0.39 is 5.97 Å². The zero-order valence-corrected chi connectivity index (χ0v) is 9.40. The Morgan fingerprint density at radius 2 is 2.19 bits per heavy atom. The fourth-order valence-corrected chi connectivity index (χ4v) is 1.60. The molecule has 0 amide bonds. The number of aldehydes is 1. The Morgan fingerprint density at radius 3 is 2.88 bits per heavy atom. The zero-order chi connectivity index (χ0) is 11.8. The molecule has 0 aliphatic carbocycles. The first kappa shape index (κ1) is 12.6. The first-order chi connectivity index (χ1) is 7.74. The van der Waals surface area contributed by atoms with Crippen molar-refractivity contribution < 1.29 is 19.4 Å². The molecule has 1 N–H and O–H groups in total. The quantitative estimate of drug-likeness (QED) is 0.580. The Bertz CT molecular complexity index is 365. The van der Waals surface area contributed by atoms with E-state index in [1.807, 2.05) is 0 Å². The SMILES string of the molecule is O=Cc1ccccc1OCCSCC(=O)O. The van der Waals surface area contributed by atoms with Gasteiger partial charge in [0.1, 0.15) is 5.75 Å². The van der Waals surface area contributed by atoms with Crippen molar-refractivity contribution in [2.24, 2.45) is 0 Å². The van der Waals surface area contributed by atoms with E-state index >= 15 is 0 Å². The molecule has 16 heavy (non-hydrogen) atoms. The van der Waals surface area contributed by atoms with Crippen molar-refractivity contribution in [1.29, 1.82) is 0 Å². The Labute approximate surface area is 97.6 Å².